The first kappa shape index (κ1) is 27.5. The van der Waals surface area contributed by atoms with Crippen molar-refractivity contribution in [2.75, 3.05) is 57.5 Å². The van der Waals surface area contributed by atoms with Crippen LogP contribution in [0.1, 0.15) is 48.3 Å². The van der Waals surface area contributed by atoms with Crippen LogP contribution in [0.4, 0.5) is 15.3 Å². The van der Waals surface area contributed by atoms with Gasteiger partial charge in [-0.1, -0.05) is 36.7 Å². The van der Waals surface area contributed by atoms with Crippen molar-refractivity contribution in [3.05, 3.63) is 59.2 Å². The van der Waals surface area contributed by atoms with Crippen LogP contribution in [0.2, 0.25) is 0 Å². The molecule has 0 spiro atoms. The summed E-state index contributed by atoms with van der Waals surface area (Å²) in [6.45, 7) is 5.32. The minimum absolute atomic E-state index is 0.0708. The molecule has 3 aliphatic rings. The van der Waals surface area contributed by atoms with Gasteiger partial charge in [-0.25, -0.2) is 9.80 Å². The Labute approximate surface area is 234 Å². The summed E-state index contributed by atoms with van der Waals surface area (Å²) < 4.78 is 11.0. The lowest BCUT2D eigenvalue weighted by Crippen LogP contribution is -2.44. The molecule has 0 bridgehead atoms. The van der Waals surface area contributed by atoms with Gasteiger partial charge in [0.1, 0.15) is 12.4 Å². The summed E-state index contributed by atoms with van der Waals surface area (Å²) in [7, 11) is 1.72. The van der Waals surface area contributed by atoms with Gasteiger partial charge < -0.3 is 14.8 Å². The fourth-order valence-electron chi connectivity index (χ4n) is 5.35. The van der Waals surface area contributed by atoms with Crippen molar-refractivity contribution in [2.45, 2.75) is 38.1 Å². The van der Waals surface area contributed by atoms with Crippen LogP contribution in [0, 0.1) is 0 Å². The molecule has 0 unspecified atom stereocenters. The first-order valence-corrected chi connectivity index (χ1v) is 14.7. The van der Waals surface area contributed by atoms with Gasteiger partial charge in [-0.05, 0) is 65.8 Å². The maximum atomic E-state index is 12.7. The van der Waals surface area contributed by atoms with Gasteiger partial charge in [-0.3, -0.25) is 15.0 Å². The number of ether oxygens (including phenoxy) is 2. The number of methoxy groups -OCH3 is 1. The van der Waals surface area contributed by atoms with E-state index in [9.17, 15) is 9.59 Å². The van der Waals surface area contributed by atoms with E-state index >= 15 is 0 Å². The zero-order valence-corrected chi connectivity index (χ0v) is 23.3. The second kappa shape index (κ2) is 13.3. The number of carbonyl (C=O) groups is 2. The lowest BCUT2D eigenvalue weighted by atomic mass is 9.94. The second-order valence-corrected chi connectivity index (χ2v) is 11.1. The van der Waals surface area contributed by atoms with Crippen LogP contribution in [0.3, 0.4) is 0 Å². The van der Waals surface area contributed by atoms with Crippen molar-refractivity contribution in [1.82, 2.24) is 15.2 Å². The number of hydrogen-bond donors (Lipinski definition) is 2. The summed E-state index contributed by atoms with van der Waals surface area (Å²) in [5.74, 6) is 2.00. The van der Waals surface area contributed by atoms with E-state index in [2.05, 4.69) is 21.6 Å². The Hall–Kier alpha value is -3.08. The number of nitrogens with zero attached hydrogens (tertiary/aromatic N) is 3. The third kappa shape index (κ3) is 7.32. The van der Waals surface area contributed by atoms with E-state index < -0.39 is 6.09 Å². The van der Waals surface area contributed by atoms with Gasteiger partial charge in [0.25, 0.3) is 0 Å². The van der Waals surface area contributed by atoms with E-state index in [4.69, 9.17) is 14.6 Å². The highest BCUT2D eigenvalue weighted by molar-refractivity contribution is 8.14. The van der Waals surface area contributed by atoms with Crippen LogP contribution in [0.5, 0.6) is 5.75 Å². The molecule has 2 aromatic carbocycles. The largest absolute Gasteiger partial charge is 0.496 e. The number of thioether (sulfide) groups is 1. The Kier molecular flexibility index (Phi) is 9.39. The molecule has 2 N–H and O–H groups in total. The average molecular weight is 552 g/mol. The van der Waals surface area contributed by atoms with Gasteiger partial charge in [0, 0.05) is 44.2 Å². The molecule has 2 aliphatic heterocycles. The third-order valence-corrected chi connectivity index (χ3v) is 8.40. The SMILES string of the molecule is COc1ccc(C2=NN(Cc3ccc(NC(=O)OCCN4CCNCC4)cc3)C(=O)SC2)cc1C1CCCC1. The van der Waals surface area contributed by atoms with Crippen LogP contribution in [0.15, 0.2) is 47.6 Å². The molecule has 1 aliphatic carbocycles. The van der Waals surface area contributed by atoms with Crippen LogP contribution < -0.4 is 15.4 Å². The number of nitrogens with one attached hydrogen (secondary N) is 2. The fourth-order valence-corrected chi connectivity index (χ4v) is 6.09. The van der Waals surface area contributed by atoms with Crippen LogP contribution in [-0.4, -0.2) is 79.1 Å². The molecule has 39 heavy (non-hydrogen) atoms. The highest BCUT2D eigenvalue weighted by atomic mass is 32.2. The maximum Gasteiger partial charge on any atom is 0.411 e. The minimum Gasteiger partial charge on any atom is -0.496 e. The second-order valence-electron chi connectivity index (χ2n) is 10.1. The van der Waals surface area contributed by atoms with Gasteiger partial charge in [0.05, 0.1) is 19.4 Å². The zero-order chi connectivity index (χ0) is 27.0. The number of benzene rings is 2. The van der Waals surface area contributed by atoms with Gasteiger partial charge in [0.15, 0.2) is 0 Å². The molecule has 2 heterocycles. The number of piperazine rings is 1. The van der Waals surface area contributed by atoms with Gasteiger partial charge in [-0.2, -0.15) is 5.10 Å². The molecule has 2 fully saturated rings. The summed E-state index contributed by atoms with van der Waals surface area (Å²) in [4.78, 5) is 27.1. The number of anilines is 1. The Bertz CT molecular complexity index is 1180. The number of amides is 2. The van der Waals surface area contributed by atoms with E-state index in [0.717, 1.165) is 55.3 Å². The maximum absolute atomic E-state index is 12.7. The molecule has 1 saturated carbocycles. The van der Waals surface area contributed by atoms with Crippen molar-refractivity contribution in [2.24, 2.45) is 5.10 Å². The smallest absolute Gasteiger partial charge is 0.411 e. The third-order valence-electron chi connectivity index (χ3n) is 7.53. The predicted octanol–water partition coefficient (Wildman–Crippen LogP) is 4.88. The molecule has 9 nitrogen and oxygen atoms in total. The Morgan fingerprint density at radius 2 is 1.90 bits per heavy atom. The molecule has 0 aromatic heterocycles. The molecule has 0 atom stereocenters. The molecule has 2 aromatic rings. The monoisotopic (exact) mass is 551 g/mol. The molecule has 1 saturated heterocycles. The Morgan fingerprint density at radius 1 is 1.13 bits per heavy atom. The Morgan fingerprint density at radius 3 is 2.64 bits per heavy atom. The highest BCUT2D eigenvalue weighted by Gasteiger charge is 2.25. The average Bonchev–Trinajstić information content (AvgIpc) is 3.51. The molecule has 10 heteroatoms. The predicted molar refractivity (Wildman–Crippen MR) is 155 cm³/mol. The Balaban J connectivity index is 1.18. The van der Waals surface area contributed by atoms with Crippen molar-refractivity contribution in [1.29, 1.82) is 0 Å². The highest BCUT2D eigenvalue weighted by Crippen LogP contribution is 2.39. The van der Waals surface area contributed by atoms with Crippen molar-refractivity contribution < 1.29 is 19.1 Å². The van der Waals surface area contributed by atoms with Crippen LogP contribution in [0.25, 0.3) is 0 Å². The van der Waals surface area contributed by atoms with Crippen molar-refractivity contribution in [3.8, 4) is 5.75 Å². The topological polar surface area (TPSA) is 95.5 Å². The van der Waals surface area contributed by atoms with Gasteiger partial charge in [-0.15, -0.1) is 0 Å². The molecular weight excluding hydrogens is 514 g/mol. The first-order chi connectivity index (χ1) is 19.1. The molecule has 0 radical (unpaired) electrons. The number of carbonyl (C=O) groups excluding carboxylic acids is 2. The summed E-state index contributed by atoms with van der Waals surface area (Å²) in [6, 6.07) is 13.7. The zero-order valence-electron chi connectivity index (χ0n) is 22.5. The molecule has 208 valence electrons. The van der Waals surface area contributed by atoms with E-state index in [0.29, 0.717) is 30.5 Å². The summed E-state index contributed by atoms with van der Waals surface area (Å²) in [6.07, 6.45) is 4.41. The fraction of sp³-hybridized carbons (Fsp3) is 0.483. The lowest BCUT2D eigenvalue weighted by molar-refractivity contribution is 0.134. The molecular formula is C29H37N5O4S. The summed E-state index contributed by atoms with van der Waals surface area (Å²) in [5.41, 5.74) is 4.75. The lowest BCUT2D eigenvalue weighted by Gasteiger charge is -2.26. The van der Waals surface area contributed by atoms with E-state index in [1.165, 1.54) is 48.0 Å². The van der Waals surface area contributed by atoms with Crippen LogP contribution >= 0.6 is 11.8 Å². The van der Waals surface area contributed by atoms with Gasteiger partial charge >= 0.3 is 11.3 Å². The van der Waals surface area contributed by atoms with E-state index in [1.807, 2.05) is 36.4 Å². The summed E-state index contributed by atoms with van der Waals surface area (Å²) >= 11 is 1.27. The summed E-state index contributed by atoms with van der Waals surface area (Å²) in [5, 5.41) is 12.3. The molecule has 5 rings (SSSR count). The van der Waals surface area contributed by atoms with Crippen molar-refractivity contribution >= 4 is 34.5 Å². The number of hydrazone groups is 1. The number of hydrogen-bond acceptors (Lipinski definition) is 8. The van der Waals surface area contributed by atoms with Gasteiger partial charge in [0.2, 0.25) is 0 Å². The van der Waals surface area contributed by atoms with Crippen LogP contribution in [-0.2, 0) is 11.3 Å². The minimum atomic E-state index is -0.466. The quantitative estimate of drug-likeness (QED) is 0.459. The first-order valence-electron chi connectivity index (χ1n) is 13.7. The van der Waals surface area contributed by atoms with E-state index in [-0.39, 0.29) is 5.24 Å². The normalized spacial score (nSPS) is 18.6. The van der Waals surface area contributed by atoms with E-state index in [1.54, 1.807) is 7.11 Å². The molecule has 2 amide bonds. The standard InChI is InChI=1S/C29H37N5O4S/c1-37-27-11-8-23(18-25(27)22-4-2-3-5-22)26-20-39-29(36)34(32-26)19-21-6-9-24(10-7-21)31-28(35)38-17-16-33-14-12-30-13-15-33/h6-11,18,22,30H,2-5,12-17,19-20H2,1H3,(H,31,35). The van der Waals surface area contributed by atoms with Crippen molar-refractivity contribution in [3.63, 3.8) is 0 Å². The number of rotatable bonds is 9.